The van der Waals surface area contributed by atoms with Crippen LogP contribution in [0.3, 0.4) is 0 Å². The van der Waals surface area contributed by atoms with E-state index in [9.17, 15) is 4.79 Å². The van der Waals surface area contributed by atoms with Crippen molar-refractivity contribution in [3.8, 4) is 0 Å². The number of hydrogen-bond donors (Lipinski definition) is 2. The number of nitrogens with zero attached hydrogens (tertiary/aromatic N) is 1. The Bertz CT molecular complexity index is 217. The molecule has 0 aliphatic heterocycles. The second kappa shape index (κ2) is 6.86. The molecule has 0 saturated carbocycles. The molecule has 0 aromatic heterocycles. The van der Waals surface area contributed by atoms with Gasteiger partial charge in [-0.3, -0.25) is 4.79 Å². The highest BCUT2D eigenvalue weighted by Gasteiger charge is 2.27. The molecule has 0 radical (unpaired) electrons. The van der Waals surface area contributed by atoms with Gasteiger partial charge in [-0.15, -0.1) is 0 Å². The first-order chi connectivity index (χ1) is 7.31. The van der Waals surface area contributed by atoms with Crippen LogP contribution in [0, 0.1) is 0 Å². The molecular formula is C12H26N2O2. The Labute approximate surface area is 98.8 Å². The smallest absolute Gasteiger partial charge is 0.323 e. The van der Waals surface area contributed by atoms with Gasteiger partial charge in [0.15, 0.2) is 0 Å². The number of aliphatic carboxylic acids is 1. The highest BCUT2D eigenvalue weighted by Crippen LogP contribution is 2.11. The summed E-state index contributed by atoms with van der Waals surface area (Å²) in [5, 5.41) is 8.86. The van der Waals surface area contributed by atoms with Gasteiger partial charge in [0.1, 0.15) is 5.54 Å². The topological polar surface area (TPSA) is 66.6 Å². The Balaban J connectivity index is 3.85. The average molecular weight is 230 g/mol. The van der Waals surface area contributed by atoms with Crippen molar-refractivity contribution < 1.29 is 9.90 Å². The molecular weight excluding hydrogens is 204 g/mol. The molecule has 0 spiro atoms. The van der Waals surface area contributed by atoms with Crippen LogP contribution in [0.25, 0.3) is 0 Å². The maximum Gasteiger partial charge on any atom is 0.323 e. The minimum absolute atomic E-state index is 0.519. The van der Waals surface area contributed by atoms with Crippen LogP contribution in [0.5, 0.6) is 0 Å². The summed E-state index contributed by atoms with van der Waals surface area (Å²) < 4.78 is 0. The highest BCUT2D eigenvalue weighted by molar-refractivity contribution is 5.77. The first kappa shape index (κ1) is 15.4. The molecule has 0 fully saturated rings. The summed E-state index contributed by atoms with van der Waals surface area (Å²) in [6, 6.07) is 0.554. The maximum absolute atomic E-state index is 10.8. The van der Waals surface area contributed by atoms with Crippen molar-refractivity contribution in [3.63, 3.8) is 0 Å². The van der Waals surface area contributed by atoms with Gasteiger partial charge in [-0.25, -0.2) is 0 Å². The van der Waals surface area contributed by atoms with Crippen molar-refractivity contribution in [2.45, 2.75) is 58.0 Å². The van der Waals surface area contributed by atoms with Crippen LogP contribution in [0.2, 0.25) is 0 Å². The monoisotopic (exact) mass is 230 g/mol. The molecule has 3 N–H and O–H groups in total. The largest absolute Gasteiger partial charge is 0.480 e. The minimum Gasteiger partial charge on any atom is -0.480 e. The second-order valence-electron chi connectivity index (χ2n) is 4.94. The van der Waals surface area contributed by atoms with Crippen LogP contribution in [-0.2, 0) is 4.79 Å². The molecule has 2 atom stereocenters. The molecule has 2 unspecified atom stereocenters. The summed E-state index contributed by atoms with van der Waals surface area (Å²) in [7, 11) is 2.08. The zero-order chi connectivity index (χ0) is 12.8. The lowest BCUT2D eigenvalue weighted by Gasteiger charge is -2.26. The van der Waals surface area contributed by atoms with E-state index in [2.05, 4.69) is 25.8 Å². The van der Waals surface area contributed by atoms with Gasteiger partial charge in [0, 0.05) is 6.04 Å². The fourth-order valence-corrected chi connectivity index (χ4v) is 1.66. The lowest BCUT2D eigenvalue weighted by Crippen LogP contribution is -2.45. The lowest BCUT2D eigenvalue weighted by atomic mass is 9.97. The Morgan fingerprint density at radius 2 is 2.12 bits per heavy atom. The van der Waals surface area contributed by atoms with E-state index in [1.165, 1.54) is 12.8 Å². The third kappa shape index (κ3) is 5.47. The average Bonchev–Trinajstić information content (AvgIpc) is 2.17. The van der Waals surface area contributed by atoms with Gasteiger partial charge in [0.2, 0.25) is 0 Å². The van der Waals surface area contributed by atoms with Gasteiger partial charge in [-0.1, -0.05) is 13.3 Å². The van der Waals surface area contributed by atoms with Crippen molar-refractivity contribution in [3.05, 3.63) is 0 Å². The summed E-state index contributed by atoms with van der Waals surface area (Å²) in [5.74, 6) is -0.920. The Hall–Kier alpha value is -0.610. The van der Waals surface area contributed by atoms with Crippen molar-refractivity contribution in [2.75, 3.05) is 13.6 Å². The Morgan fingerprint density at radius 3 is 2.56 bits per heavy atom. The number of carboxylic acids is 1. The van der Waals surface area contributed by atoms with Crippen LogP contribution in [-0.4, -0.2) is 41.1 Å². The third-order valence-corrected chi connectivity index (χ3v) is 3.15. The van der Waals surface area contributed by atoms with Crippen LogP contribution in [0.4, 0.5) is 0 Å². The number of carbonyl (C=O) groups is 1. The normalized spacial score (nSPS) is 17.1. The first-order valence-corrected chi connectivity index (χ1v) is 6.03. The van der Waals surface area contributed by atoms with Crippen LogP contribution in [0.1, 0.15) is 46.5 Å². The summed E-state index contributed by atoms with van der Waals surface area (Å²) >= 11 is 0. The van der Waals surface area contributed by atoms with E-state index in [1.807, 2.05) is 0 Å². The molecule has 0 aliphatic rings. The van der Waals surface area contributed by atoms with Gasteiger partial charge >= 0.3 is 5.97 Å². The fraction of sp³-hybridized carbons (Fsp3) is 0.917. The third-order valence-electron chi connectivity index (χ3n) is 3.15. The summed E-state index contributed by atoms with van der Waals surface area (Å²) in [5.41, 5.74) is 4.57. The van der Waals surface area contributed by atoms with E-state index in [0.717, 1.165) is 13.0 Å². The van der Waals surface area contributed by atoms with Crippen molar-refractivity contribution in [1.82, 2.24) is 4.90 Å². The molecule has 16 heavy (non-hydrogen) atoms. The van der Waals surface area contributed by atoms with Gasteiger partial charge in [0.05, 0.1) is 0 Å². The van der Waals surface area contributed by atoms with E-state index >= 15 is 0 Å². The molecule has 0 aromatic rings. The van der Waals surface area contributed by atoms with Gasteiger partial charge in [-0.05, 0) is 46.7 Å². The zero-order valence-corrected chi connectivity index (χ0v) is 11.0. The molecule has 0 bridgehead atoms. The van der Waals surface area contributed by atoms with E-state index in [4.69, 9.17) is 10.8 Å². The summed E-state index contributed by atoms with van der Waals surface area (Å²) in [6.45, 7) is 6.85. The Kier molecular flexibility index (Phi) is 6.60. The van der Waals surface area contributed by atoms with E-state index in [-0.39, 0.29) is 0 Å². The second-order valence-corrected chi connectivity index (χ2v) is 4.94. The van der Waals surface area contributed by atoms with Gasteiger partial charge in [0.25, 0.3) is 0 Å². The molecule has 0 aromatic carbocycles. The minimum atomic E-state index is -1.09. The van der Waals surface area contributed by atoms with Crippen molar-refractivity contribution in [2.24, 2.45) is 5.73 Å². The van der Waals surface area contributed by atoms with E-state index in [1.54, 1.807) is 6.92 Å². The zero-order valence-electron chi connectivity index (χ0n) is 11.0. The van der Waals surface area contributed by atoms with Crippen molar-refractivity contribution >= 4 is 5.97 Å². The summed E-state index contributed by atoms with van der Waals surface area (Å²) in [6.07, 6.45) is 3.69. The number of hydrogen-bond acceptors (Lipinski definition) is 3. The predicted octanol–water partition coefficient (Wildman–Crippen LogP) is 1.69. The predicted molar refractivity (Wildman–Crippen MR) is 66.5 cm³/mol. The Morgan fingerprint density at radius 1 is 1.56 bits per heavy atom. The van der Waals surface area contributed by atoms with Crippen LogP contribution in [0.15, 0.2) is 0 Å². The molecule has 0 saturated heterocycles. The molecule has 0 rings (SSSR count). The quantitative estimate of drug-likeness (QED) is 0.666. The van der Waals surface area contributed by atoms with Crippen LogP contribution >= 0.6 is 0 Å². The first-order valence-electron chi connectivity index (χ1n) is 6.03. The maximum atomic E-state index is 10.8. The van der Waals surface area contributed by atoms with Gasteiger partial charge in [-0.2, -0.15) is 0 Å². The molecule has 0 amide bonds. The number of carboxylic acid groups (broad SMARTS) is 1. The standard InChI is InChI=1S/C12H26N2O2/c1-5-7-10(2)14(4)9-6-8-12(3,13)11(15)16/h10H,5-9,13H2,1-4H3,(H,15,16). The highest BCUT2D eigenvalue weighted by atomic mass is 16.4. The lowest BCUT2D eigenvalue weighted by molar-refractivity contribution is -0.142. The molecule has 0 aliphatic carbocycles. The van der Waals surface area contributed by atoms with Crippen molar-refractivity contribution in [1.29, 1.82) is 0 Å². The number of nitrogens with two attached hydrogens (primary N) is 1. The fourth-order valence-electron chi connectivity index (χ4n) is 1.66. The van der Waals surface area contributed by atoms with E-state index in [0.29, 0.717) is 12.5 Å². The molecule has 96 valence electrons. The summed E-state index contributed by atoms with van der Waals surface area (Å²) in [4.78, 5) is 13.1. The van der Waals surface area contributed by atoms with Crippen LogP contribution < -0.4 is 5.73 Å². The number of rotatable bonds is 8. The molecule has 0 heterocycles. The SMILES string of the molecule is CCCC(C)N(C)CCCC(C)(N)C(=O)O. The van der Waals surface area contributed by atoms with Gasteiger partial charge < -0.3 is 15.7 Å². The van der Waals surface area contributed by atoms with E-state index < -0.39 is 11.5 Å². The molecule has 4 heteroatoms. The molecule has 4 nitrogen and oxygen atoms in total.